The summed E-state index contributed by atoms with van der Waals surface area (Å²) < 4.78 is 13.8. The Balaban J connectivity index is 1.33. The van der Waals surface area contributed by atoms with Crippen molar-refractivity contribution in [1.29, 1.82) is 0 Å². The van der Waals surface area contributed by atoms with Crippen LogP contribution in [-0.2, 0) is 9.59 Å². The molecule has 1 aromatic carbocycles. The molecule has 2 N–H and O–H groups in total. The number of nitrogens with one attached hydrogen (secondary N) is 2. The molecular weight excluding hydrogens is 387 g/mol. The lowest BCUT2D eigenvalue weighted by molar-refractivity contribution is -0.131. The highest BCUT2D eigenvalue weighted by Crippen LogP contribution is 2.35. The summed E-state index contributed by atoms with van der Waals surface area (Å²) in [6.45, 7) is 1.99. The van der Waals surface area contributed by atoms with Gasteiger partial charge in [-0.2, -0.15) is 0 Å². The summed E-state index contributed by atoms with van der Waals surface area (Å²) in [5, 5.41) is 5.67. The molecule has 0 radical (unpaired) electrons. The minimum Gasteiger partial charge on any atom is -0.370 e. The van der Waals surface area contributed by atoms with Crippen LogP contribution in [0, 0.1) is 5.82 Å². The quantitative estimate of drug-likeness (QED) is 0.697. The van der Waals surface area contributed by atoms with Crippen molar-refractivity contribution in [3.63, 3.8) is 0 Å². The van der Waals surface area contributed by atoms with Crippen molar-refractivity contribution < 1.29 is 18.8 Å². The van der Waals surface area contributed by atoms with Crippen molar-refractivity contribution >= 4 is 29.2 Å². The van der Waals surface area contributed by atoms with Gasteiger partial charge in [0.05, 0.1) is 11.4 Å². The first-order valence-electron chi connectivity index (χ1n) is 11.0. The van der Waals surface area contributed by atoms with Crippen LogP contribution in [0.2, 0.25) is 0 Å². The standard InChI is InChI=1S/C22H29FN4O3/c23-16-8-9-18(26-12-4-1-5-13-26)17(15-16)24-19(28)7-6-14-27-20(29)22(25-21(27)30)10-2-3-11-22/h8-9,15H,1-7,10-14H2,(H,24,28)(H,25,30). The average molecular weight is 416 g/mol. The predicted octanol–water partition coefficient (Wildman–Crippen LogP) is 3.40. The maximum atomic E-state index is 13.8. The van der Waals surface area contributed by atoms with Crippen LogP contribution in [-0.4, -0.2) is 47.9 Å². The third-order valence-electron chi connectivity index (χ3n) is 6.42. The molecular formula is C22H29FN4O3. The van der Waals surface area contributed by atoms with Crippen molar-refractivity contribution in [1.82, 2.24) is 10.2 Å². The van der Waals surface area contributed by atoms with Crippen molar-refractivity contribution in [3.8, 4) is 0 Å². The second kappa shape index (κ2) is 8.62. The SMILES string of the molecule is O=C(CCCN1C(=O)NC2(CCCC2)C1=O)Nc1cc(F)ccc1N1CCCCC1. The first-order valence-corrected chi connectivity index (χ1v) is 11.0. The van der Waals surface area contributed by atoms with Gasteiger partial charge >= 0.3 is 6.03 Å². The largest absolute Gasteiger partial charge is 0.370 e. The van der Waals surface area contributed by atoms with Crippen LogP contribution in [0.1, 0.15) is 57.8 Å². The lowest BCUT2D eigenvalue weighted by Crippen LogP contribution is -2.44. The average Bonchev–Trinajstić information content (AvgIpc) is 3.29. The fourth-order valence-electron chi connectivity index (χ4n) is 4.83. The molecule has 1 spiro atoms. The number of amides is 4. The number of benzene rings is 1. The fourth-order valence-corrected chi connectivity index (χ4v) is 4.83. The number of nitrogens with zero attached hydrogens (tertiary/aromatic N) is 2. The first kappa shape index (κ1) is 20.6. The van der Waals surface area contributed by atoms with Gasteiger partial charge in [-0.3, -0.25) is 14.5 Å². The van der Waals surface area contributed by atoms with E-state index in [-0.39, 0.29) is 30.8 Å². The Morgan fingerprint density at radius 1 is 1.10 bits per heavy atom. The van der Waals surface area contributed by atoms with E-state index >= 15 is 0 Å². The molecule has 162 valence electrons. The van der Waals surface area contributed by atoms with E-state index in [4.69, 9.17) is 0 Å². The molecule has 3 fully saturated rings. The zero-order valence-electron chi connectivity index (χ0n) is 17.2. The number of carbonyl (C=O) groups is 3. The lowest BCUT2D eigenvalue weighted by Gasteiger charge is -2.30. The molecule has 8 heteroatoms. The zero-order valence-corrected chi connectivity index (χ0v) is 17.2. The number of imide groups is 1. The van der Waals surface area contributed by atoms with E-state index < -0.39 is 11.4 Å². The Morgan fingerprint density at radius 2 is 1.83 bits per heavy atom. The number of urea groups is 1. The lowest BCUT2D eigenvalue weighted by atomic mass is 9.98. The Labute approximate surface area is 176 Å². The van der Waals surface area contributed by atoms with E-state index in [1.807, 2.05) is 0 Å². The minimum atomic E-state index is -0.718. The van der Waals surface area contributed by atoms with Crippen LogP contribution in [0.25, 0.3) is 0 Å². The molecule has 2 saturated heterocycles. The molecule has 1 saturated carbocycles. The van der Waals surface area contributed by atoms with E-state index in [2.05, 4.69) is 15.5 Å². The van der Waals surface area contributed by atoms with E-state index in [1.54, 1.807) is 6.07 Å². The van der Waals surface area contributed by atoms with Gasteiger partial charge in [0.2, 0.25) is 5.91 Å². The molecule has 30 heavy (non-hydrogen) atoms. The minimum absolute atomic E-state index is 0.153. The van der Waals surface area contributed by atoms with Crippen LogP contribution >= 0.6 is 0 Å². The molecule has 0 unspecified atom stereocenters. The molecule has 0 aromatic heterocycles. The van der Waals surface area contributed by atoms with Crippen LogP contribution in [0.5, 0.6) is 0 Å². The van der Waals surface area contributed by atoms with Gasteiger partial charge in [0.1, 0.15) is 11.4 Å². The summed E-state index contributed by atoms with van der Waals surface area (Å²) in [7, 11) is 0. The number of hydrogen-bond acceptors (Lipinski definition) is 4. The van der Waals surface area contributed by atoms with Crippen LogP contribution < -0.4 is 15.5 Å². The Morgan fingerprint density at radius 3 is 2.57 bits per heavy atom. The summed E-state index contributed by atoms with van der Waals surface area (Å²) >= 11 is 0. The molecule has 4 rings (SSSR count). The van der Waals surface area contributed by atoms with E-state index in [1.165, 1.54) is 23.5 Å². The van der Waals surface area contributed by atoms with Crippen molar-refractivity contribution in [2.45, 2.75) is 63.3 Å². The number of carbonyl (C=O) groups excluding carboxylic acids is 3. The molecule has 0 atom stereocenters. The van der Waals surface area contributed by atoms with Gasteiger partial charge < -0.3 is 15.5 Å². The molecule has 2 aliphatic heterocycles. The molecule has 7 nitrogen and oxygen atoms in total. The van der Waals surface area contributed by atoms with Crippen LogP contribution in [0.15, 0.2) is 18.2 Å². The second-order valence-corrected chi connectivity index (χ2v) is 8.54. The van der Waals surface area contributed by atoms with E-state index in [0.29, 0.717) is 24.9 Å². The number of rotatable bonds is 6. The first-order chi connectivity index (χ1) is 14.5. The second-order valence-electron chi connectivity index (χ2n) is 8.54. The maximum Gasteiger partial charge on any atom is 0.325 e. The summed E-state index contributed by atoms with van der Waals surface area (Å²) in [6, 6.07) is 4.11. The highest BCUT2D eigenvalue weighted by atomic mass is 19.1. The van der Waals surface area contributed by atoms with Crippen molar-refractivity contribution in [3.05, 3.63) is 24.0 Å². The van der Waals surface area contributed by atoms with Gasteiger partial charge in [0.25, 0.3) is 5.91 Å². The van der Waals surface area contributed by atoms with E-state index in [9.17, 15) is 18.8 Å². The third kappa shape index (κ3) is 4.13. The number of hydrogen-bond donors (Lipinski definition) is 2. The highest BCUT2D eigenvalue weighted by molar-refractivity contribution is 6.07. The molecule has 4 amide bonds. The van der Waals surface area contributed by atoms with Gasteiger partial charge in [-0.15, -0.1) is 0 Å². The molecule has 0 bridgehead atoms. The van der Waals surface area contributed by atoms with Crippen LogP contribution in [0.4, 0.5) is 20.6 Å². The molecule has 3 aliphatic rings. The van der Waals surface area contributed by atoms with Gasteiger partial charge in [-0.25, -0.2) is 9.18 Å². The predicted molar refractivity (Wildman–Crippen MR) is 112 cm³/mol. The van der Waals surface area contributed by atoms with E-state index in [0.717, 1.165) is 44.5 Å². The Hall–Kier alpha value is -2.64. The summed E-state index contributed by atoms with van der Waals surface area (Å²) in [5.41, 5.74) is 0.591. The summed E-state index contributed by atoms with van der Waals surface area (Å²) in [5.74, 6) is -0.809. The maximum absolute atomic E-state index is 13.8. The molecule has 1 aromatic rings. The number of halogens is 1. The normalized spacial score (nSPS) is 20.7. The number of anilines is 2. The van der Waals surface area contributed by atoms with Gasteiger partial charge in [0, 0.05) is 26.1 Å². The smallest absolute Gasteiger partial charge is 0.325 e. The monoisotopic (exact) mass is 416 g/mol. The van der Waals surface area contributed by atoms with Gasteiger partial charge in [0.15, 0.2) is 0 Å². The summed E-state index contributed by atoms with van der Waals surface area (Å²) in [4.78, 5) is 40.8. The van der Waals surface area contributed by atoms with Gasteiger partial charge in [-0.05, 0) is 56.7 Å². The third-order valence-corrected chi connectivity index (χ3v) is 6.42. The number of piperidine rings is 1. The topological polar surface area (TPSA) is 81.8 Å². The Bertz CT molecular complexity index is 832. The van der Waals surface area contributed by atoms with Crippen LogP contribution in [0.3, 0.4) is 0 Å². The zero-order chi connectivity index (χ0) is 21.1. The molecule has 2 heterocycles. The van der Waals surface area contributed by atoms with Crippen molar-refractivity contribution in [2.24, 2.45) is 0 Å². The summed E-state index contributed by atoms with van der Waals surface area (Å²) in [6.07, 6.45) is 7.13. The Kier molecular flexibility index (Phi) is 5.92. The highest BCUT2D eigenvalue weighted by Gasteiger charge is 2.52. The van der Waals surface area contributed by atoms with Gasteiger partial charge in [-0.1, -0.05) is 12.8 Å². The fraction of sp³-hybridized carbons (Fsp3) is 0.591. The van der Waals surface area contributed by atoms with Crippen molar-refractivity contribution in [2.75, 3.05) is 29.9 Å². The molecule has 1 aliphatic carbocycles.